The lowest BCUT2D eigenvalue weighted by Gasteiger charge is -1.97. The SMILES string of the molecule is CCCc1ccc(C)cc1.S. The number of hydrogen-bond donors (Lipinski definition) is 0. The van der Waals surface area contributed by atoms with Crippen molar-refractivity contribution in [1.29, 1.82) is 0 Å². The van der Waals surface area contributed by atoms with Crippen molar-refractivity contribution in [3.8, 4) is 0 Å². The fraction of sp³-hybridized carbons (Fsp3) is 0.400. The van der Waals surface area contributed by atoms with E-state index < -0.39 is 0 Å². The molecule has 0 aliphatic carbocycles. The van der Waals surface area contributed by atoms with E-state index in [1.54, 1.807) is 0 Å². The molecule has 0 saturated carbocycles. The first-order valence-electron chi connectivity index (χ1n) is 3.88. The van der Waals surface area contributed by atoms with Gasteiger partial charge >= 0.3 is 0 Å². The normalized spacial score (nSPS) is 8.91. The summed E-state index contributed by atoms with van der Waals surface area (Å²) >= 11 is 0. The molecule has 1 aromatic rings. The van der Waals surface area contributed by atoms with Crippen LogP contribution < -0.4 is 0 Å². The van der Waals surface area contributed by atoms with Gasteiger partial charge in [-0.15, -0.1) is 0 Å². The zero-order valence-electron chi connectivity index (χ0n) is 7.22. The maximum atomic E-state index is 2.21. The van der Waals surface area contributed by atoms with Gasteiger partial charge in [-0.3, -0.25) is 0 Å². The van der Waals surface area contributed by atoms with E-state index in [2.05, 4.69) is 38.1 Å². The molecule has 0 nitrogen and oxygen atoms in total. The molecule has 0 heterocycles. The average molecular weight is 168 g/mol. The van der Waals surface area contributed by atoms with Crippen molar-refractivity contribution in [2.24, 2.45) is 0 Å². The average Bonchev–Trinajstić information content (AvgIpc) is 1.95. The summed E-state index contributed by atoms with van der Waals surface area (Å²) in [6.07, 6.45) is 2.45. The molecule has 0 radical (unpaired) electrons. The molecule has 0 aliphatic heterocycles. The first-order valence-corrected chi connectivity index (χ1v) is 3.88. The highest BCUT2D eigenvalue weighted by Gasteiger charge is 1.87. The summed E-state index contributed by atoms with van der Waals surface area (Å²) in [5.41, 5.74) is 2.80. The van der Waals surface area contributed by atoms with Crippen molar-refractivity contribution in [2.45, 2.75) is 26.7 Å². The minimum Gasteiger partial charge on any atom is -0.197 e. The molecule has 1 aromatic carbocycles. The standard InChI is InChI=1S/C10H14.H2S/c1-3-4-10-7-5-9(2)6-8-10;/h5-8H,3-4H2,1-2H3;1H2. The highest BCUT2D eigenvalue weighted by Crippen LogP contribution is 2.04. The molecule has 0 fully saturated rings. The fourth-order valence-electron chi connectivity index (χ4n) is 1.04. The van der Waals surface area contributed by atoms with Gasteiger partial charge in [0.25, 0.3) is 0 Å². The van der Waals surface area contributed by atoms with Gasteiger partial charge in [-0.25, -0.2) is 0 Å². The van der Waals surface area contributed by atoms with E-state index in [1.807, 2.05) is 0 Å². The lowest BCUT2D eigenvalue weighted by Crippen LogP contribution is -1.81. The van der Waals surface area contributed by atoms with Crippen molar-refractivity contribution in [3.63, 3.8) is 0 Å². The molecule has 0 atom stereocenters. The molecule has 0 amide bonds. The van der Waals surface area contributed by atoms with Gasteiger partial charge in [0.1, 0.15) is 0 Å². The Morgan fingerprint density at radius 2 is 1.64 bits per heavy atom. The van der Waals surface area contributed by atoms with E-state index in [-0.39, 0.29) is 13.5 Å². The van der Waals surface area contributed by atoms with Crippen LogP contribution in [0.15, 0.2) is 24.3 Å². The minimum atomic E-state index is 0. The molecule has 0 saturated heterocycles. The predicted molar refractivity (Wildman–Crippen MR) is 55.6 cm³/mol. The molecular weight excluding hydrogens is 152 g/mol. The molecule has 1 heteroatoms. The van der Waals surface area contributed by atoms with Crippen LogP contribution in [-0.2, 0) is 6.42 Å². The third kappa shape index (κ3) is 3.47. The Kier molecular flexibility index (Phi) is 5.05. The van der Waals surface area contributed by atoms with Crippen LogP contribution in [0.5, 0.6) is 0 Å². The van der Waals surface area contributed by atoms with Crippen LogP contribution >= 0.6 is 13.5 Å². The minimum absolute atomic E-state index is 0. The molecule has 0 aromatic heterocycles. The molecule has 0 unspecified atom stereocenters. The van der Waals surface area contributed by atoms with Crippen LogP contribution in [0.1, 0.15) is 24.5 Å². The lowest BCUT2D eigenvalue weighted by molar-refractivity contribution is 0.921. The van der Waals surface area contributed by atoms with Gasteiger partial charge in [-0.2, -0.15) is 13.5 Å². The van der Waals surface area contributed by atoms with E-state index in [0.29, 0.717) is 0 Å². The monoisotopic (exact) mass is 168 g/mol. The summed E-state index contributed by atoms with van der Waals surface area (Å²) in [5, 5.41) is 0. The summed E-state index contributed by atoms with van der Waals surface area (Å²) in [4.78, 5) is 0. The quantitative estimate of drug-likeness (QED) is 0.636. The van der Waals surface area contributed by atoms with Gasteiger partial charge in [0.15, 0.2) is 0 Å². The third-order valence-electron chi connectivity index (χ3n) is 1.66. The van der Waals surface area contributed by atoms with Crippen molar-refractivity contribution < 1.29 is 0 Å². The molecule has 1 rings (SSSR count). The maximum Gasteiger partial charge on any atom is -0.0281 e. The first-order chi connectivity index (χ1) is 4.83. The Labute approximate surface area is 76.1 Å². The Balaban J connectivity index is 0.000001000. The van der Waals surface area contributed by atoms with Gasteiger partial charge < -0.3 is 0 Å². The van der Waals surface area contributed by atoms with Gasteiger partial charge in [-0.05, 0) is 18.9 Å². The van der Waals surface area contributed by atoms with Gasteiger partial charge in [0, 0.05) is 0 Å². The van der Waals surface area contributed by atoms with E-state index in [9.17, 15) is 0 Å². The van der Waals surface area contributed by atoms with Gasteiger partial charge in [-0.1, -0.05) is 43.2 Å². The topological polar surface area (TPSA) is 0 Å². The smallest absolute Gasteiger partial charge is 0.0281 e. The second kappa shape index (κ2) is 5.25. The van der Waals surface area contributed by atoms with Crippen LogP contribution in [0.25, 0.3) is 0 Å². The molecule has 62 valence electrons. The van der Waals surface area contributed by atoms with Gasteiger partial charge in [0.05, 0.1) is 0 Å². The maximum absolute atomic E-state index is 2.21. The highest BCUT2D eigenvalue weighted by molar-refractivity contribution is 7.59. The van der Waals surface area contributed by atoms with E-state index >= 15 is 0 Å². The van der Waals surface area contributed by atoms with Crippen LogP contribution in [-0.4, -0.2) is 0 Å². The van der Waals surface area contributed by atoms with Crippen molar-refractivity contribution in [2.75, 3.05) is 0 Å². The van der Waals surface area contributed by atoms with E-state index in [4.69, 9.17) is 0 Å². The zero-order valence-corrected chi connectivity index (χ0v) is 8.22. The number of benzene rings is 1. The van der Waals surface area contributed by atoms with Crippen LogP contribution in [0.4, 0.5) is 0 Å². The Hall–Kier alpha value is -0.430. The highest BCUT2D eigenvalue weighted by atomic mass is 32.1. The summed E-state index contributed by atoms with van der Waals surface area (Å²) in [6.45, 7) is 4.33. The summed E-state index contributed by atoms with van der Waals surface area (Å²) in [5.74, 6) is 0. The second-order valence-corrected chi connectivity index (χ2v) is 2.74. The fourth-order valence-corrected chi connectivity index (χ4v) is 1.04. The molecule has 0 spiro atoms. The van der Waals surface area contributed by atoms with E-state index in [1.165, 1.54) is 24.0 Å². The Bertz CT molecular complexity index is 189. The largest absolute Gasteiger partial charge is 0.197 e. The molecule has 0 bridgehead atoms. The molecule has 0 N–H and O–H groups in total. The predicted octanol–water partition coefficient (Wildman–Crippen LogP) is 3.06. The number of rotatable bonds is 2. The Morgan fingerprint density at radius 1 is 1.09 bits per heavy atom. The first kappa shape index (κ1) is 10.6. The summed E-state index contributed by atoms with van der Waals surface area (Å²) < 4.78 is 0. The van der Waals surface area contributed by atoms with E-state index in [0.717, 1.165) is 0 Å². The van der Waals surface area contributed by atoms with Crippen LogP contribution in [0.2, 0.25) is 0 Å². The van der Waals surface area contributed by atoms with Crippen molar-refractivity contribution in [3.05, 3.63) is 35.4 Å². The summed E-state index contributed by atoms with van der Waals surface area (Å²) in [7, 11) is 0. The lowest BCUT2D eigenvalue weighted by atomic mass is 10.1. The van der Waals surface area contributed by atoms with Crippen LogP contribution in [0, 0.1) is 6.92 Å². The van der Waals surface area contributed by atoms with Crippen LogP contribution in [0.3, 0.4) is 0 Å². The molecule has 11 heavy (non-hydrogen) atoms. The molecule has 0 aliphatic rings. The number of hydrogen-bond acceptors (Lipinski definition) is 0. The van der Waals surface area contributed by atoms with Gasteiger partial charge in [0.2, 0.25) is 0 Å². The van der Waals surface area contributed by atoms with Crippen molar-refractivity contribution in [1.82, 2.24) is 0 Å². The third-order valence-corrected chi connectivity index (χ3v) is 1.66. The van der Waals surface area contributed by atoms with Crippen molar-refractivity contribution >= 4 is 13.5 Å². The zero-order chi connectivity index (χ0) is 7.40. The Morgan fingerprint density at radius 3 is 2.09 bits per heavy atom. The second-order valence-electron chi connectivity index (χ2n) is 2.74. The summed E-state index contributed by atoms with van der Waals surface area (Å²) in [6, 6.07) is 8.76. The molecular formula is C10H16S. The number of aryl methyl sites for hydroxylation is 2.